The zero-order valence-corrected chi connectivity index (χ0v) is 16.5. The Hall–Kier alpha value is -0.320. The summed E-state index contributed by atoms with van der Waals surface area (Å²) in [6, 6.07) is 0. The Morgan fingerprint density at radius 2 is 1.78 bits per heavy atom. The fourth-order valence-electron chi connectivity index (χ4n) is 4.03. The molecule has 2 unspecified atom stereocenters. The molecule has 5 heteroatoms. The number of carbonyl (C=O) groups excluding carboxylic acids is 1. The molecule has 1 aliphatic heterocycles. The van der Waals surface area contributed by atoms with Crippen LogP contribution in [-0.2, 0) is 9.53 Å². The Labute approximate surface area is 147 Å². The van der Waals surface area contributed by atoms with Gasteiger partial charge >= 0.3 is 0 Å². The summed E-state index contributed by atoms with van der Waals surface area (Å²) in [6.07, 6.45) is 2.91. The minimum Gasteiger partial charge on any atom is -0.378 e. The van der Waals surface area contributed by atoms with Crippen molar-refractivity contribution in [3.05, 3.63) is 0 Å². The Morgan fingerprint density at radius 1 is 1.26 bits per heavy atom. The smallest absolute Gasteiger partial charge is 0.243 e. The van der Waals surface area contributed by atoms with Crippen molar-refractivity contribution in [3.8, 4) is 0 Å². The first-order valence-electron chi connectivity index (χ1n) is 8.74. The highest BCUT2D eigenvalue weighted by molar-refractivity contribution is 5.89. The first-order valence-corrected chi connectivity index (χ1v) is 8.74. The van der Waals surface area contributed by atoms with Gasteiger partial charge in [-0.15, -0.1) is 12.4 Å². The number of amides is 1. The molecule has 0 aromatic carbocycles. The van der Waals surface area contributed by atoms with Gasteiger partial charge in [0.15, 0.2) is 0 Å². The van der Waals surface area contributed by atoms with Crippen molar-refractivity contribution >= 4 is 18.3 Å². The Morgan fingerprint density at radius 3 is 2.17 bits per heavy atom. The van der Waals surface area contributed by atoms with E-state index in [9.17, 15) is 4.79 Å². The summed E-state index contributed by atoms with van der Waals surface area (Å²) in [5.74, 6) is 0.816. The van der Waals surface area contributed by atoms with Gasteiger partial charge < -0.3 is 15.4 Å². The molecule has 1 saturated carbocycles. The van der Waals surface area contributed by atoms with Gasteiger partial charge in [-0.3, -0.25) is 4.79 Å². The average molecular weight is 347 g/mol. The molecule has 2 N–H and O–H groups in total. The monoisotopic (exact) mass is 346 g/mol. The number of halogens is 1. The zero-order chi connectivity index (χ0) is 16.8. The van der Waals surface area contributed by atoms with Crippen molar-refractivity contribution in [2.45, 2.75) is 72.4 Å². The standard InChI is InChI=1S/C18H34N2O2.ClH/c1-7-22-14-12-18(19,17(14,5)6)15(21)20-10-8-13(9-11-20)16(2,3)4;/h13-14H,7-12,19H2,1-6H3;1H. The van der Waals surface area contributed by atoms with Crippen LogP contribution in [0.25, 0.3) is 0 Å². The molecule has 1 amide bonds. The van der Waals surface area contributed by atoms with Crippen LogP contribution < -0.4 is 5.73 Å². The van der Waals surface area contributed by atoms with Gasteiger partial charge in [-0.05, 0) is 31.1 Å². The van der Waals surface area contributed by atoms with Crippen molar-refractivity contribution in [1.29, 1.82) is 0 Å². The van der Waals surface area contributed by atoms with Gasteiger partial charge in [0.2, 0.25) is 5.91 Å². The lowest BCUT2D eigenvalue weighted by atomic mass is 9.54. The molecule has 136 valence electrons. The third-order valence-electron chi connectivity index (χ3n) is 6.22. The van der Waals surface area contributed by atoms with E-state index in [4.69, 9.17) is 10.5 Å². The molecule has 2 atom stereocenters. The first-order chi connectivity index (χ1) is 10.0. The molecule has 0 bridgehead atoms. The maximum Gasteiger partial charge on any atom is 0.243 e. The quantitative estimate of drug-likeness (QED) is 0.853. The second-order valence-electron chi connectivity index (χ2n) is 8.77. The van der Waals surface area contributed by atoms with Gasteiger partial charge in [0.05, 0.1) is 6.10 Å². The number of likely N-dealkylation sites (tertiary alicyclic amines) is 1. The van der Waals surface area contributed by atoms with Crippen LogP contribution in [0.4, 0.5) is 0 Å². The Kier molecular flexibility index (Phi) is 6.21. The highest BCUT2D eigenvalue weighted by Crippen LogP contribution is 2.51. The Balaban J connectivity index is 0.00000264. The largest absolute Gasteiger partial charge is 0.378 e. The number of ether oxygens (including phenoxy) is 1. The Bertz CT molecular complexity index is 425. The van der Waals surface area contributed by atoms with Gasteiger partial charge in [-0.25, -0.2) is 0 Å². The molecule has 2 rings (SSSR count). The molecule has 0 aromatic rings. The van der Waals surface area contributed by atoms with Gasteiger partial charge in [0.25, 0.3) is 0 Å². The summed E-state index contributed by atoms with van der Waals surface area (Å²) in [5.41, 5.74) is 5.80. The molecular weight excluding hydrogens is 312 g/mol. The van der Waals surface area contributed by atoms with E-state index in [1.54, 1.807) is 0 Å². The lowest BCUT2D eigenvalue weighted by Gasteiger charge is -2.59. The van der Waals surface area contributed by atoms with E-state index in [-0.39, 0.29) is 29.8 Å². The highest BCUT2D eigenvalue weighted by Gasteiger charge is 2.63. The molecule has 2 aliphatic rings. The second kappa shape index (κ2) is 6.89. The summed E-state index contributed by atoms with van der Waals surface area (Å²) in [5, 5.41) is 0. The highest BCUT2D eigenvalue weighted by atomic mass is 35.5. The molecule has 0 aromatic heterocycles. The van der Waals surface area contributed by atoms with Gasteiger partial charge in [-0.1, -0.05) is 34.6 Å². The van der Waals surface area contributed by atoms with Crippen molar-refractivity contribution in [3.63, 3.8) is 0 Å². The third-order valence-corrected chi connectivity index (χ3v) is 6.22. The van der Waals surface area contributed by atoms with E-state index in [2.05, 4.69) is 34.6 Å². The van der Waals surface area contributed by atoms with Crippen LogP contribution in [0.15, 0.2) is 0 Å². The number of nitrogens with two attached hydrogens (primary N) is 1. The lowest BCUT2D eigenvalue weighted by molar-refractivity contribution is -0.180. The first kappa shape index (κ1) is 20.7. The third kappa shape index (κ3) is 3.54. The fraction of sp³-hybridized carbons (Fsp3) is 0.944. The minimum absolute atomic E-state index is 0. The molecule has 1 saturated heterocycles. The van der Waals surface area contributed by atoms with E-state index >= 15 is 0 Å². The maximum atomic E-state index is 13.0. The summed E-state index contributed by atoms with van der Waals surface area (Å²) in [7, 11) is 0. The van der Waals surface area contributed by atoms with Gasteiger partial charge in [0, 0.05) is 31.5 Å². The summed E-state index contributed by atoms with van der Waals surface area (Å²) < 4.78 is 5.74. The van der Waals surface area contributed by atoms with Crippen LogP contribution in [0.1, 0.15) is 60.8 Å². The number of rotatable bonds is 3. The zero-order valence-electron chi connectivity index (χ0n) is 15.6. The summed E-state index contributed by atoms with van der Waals surface area (Å²) >= 11 is 0. The summed E-state index contributed by atoms with van der Waals surface area (Å²) in [4.78, 5) is 15.0. The van der Waals surface area contributed by atoms with Gasteiger partial charge in [-0.2, -0.15) is 0 Å². The van der Waals surface area contributed by atoms with E-state index in [0.717, 1.165) is 25.9 Å². The lowest BCUT2D eigenvalue weighted by Crippen LogP contribution is -2.76. The molecule has 1 heterocycles. The normalized spacial score (nSPS) is 31.3. The molecule has 0 radical (unpaired) electrons. The van der Waals surface area contributed by atoms with Crippen LogP contribution in [0, 0.1) is 16.7 Å². The number of hydrogen-bond donors (Lipinski definition) is 1. The molecule has 23 heavy (non-hydrogen) atoms. The fourth-order valence-corrected chi connectivity index (χ4v) is 4.03. The second-order valence-corrected chi connectivity index (χ2v) is 8.77. The number of hydrogen-bond acceptors (Lipinski definition) is 3. The van der Waals surface area contributed by atoms with Crippen molar-refractivity contribution in [1.82, 2.24) is 4.90 Å². The van der Waals surface area contributed by atoms with E-state index in [1.807, 2.05) is 11.8 Å². The van der Waals surface area contributed by atoms with E-state index in [0.29, 0.717) is 24.4 Å². The van der Waals surface area contributed by atoms with Crippen LogP contribution >= 0.6 is 12.4 Å². The van der Waals surface area contributed by atoms with Crippen LogP contribution in [0.3, 0.4) is 0 Å². The van der Waals surface area contributed by atoms with Crippen molar-refractivity contribution < 1.29 is 9.53 Å². The molecular formula is C18H35ClN2O2. The van der Waals surface area contributed by atoms with Crippen LogP contribution in [-0.4, -0.2) is 42.1 Å². The molecule has 4 nitrogen and oxygen atoms in total. The van der Waals surface area contributed by atoms with Crippen LogP contribution in [0.5, 0.6) is 0 Å². The predicted molar refractivity (Wildman–Crippen MR) is 96.7 cm³/mol. The van der Waals surface area contributed by atoms with E-state index < -0.39 is 5.54 Å². The van der Waals surface area contributed by atoms with Gasteiger partial charge in [0.1, 0.15) is 5.54 Å². The van der Waals surface area contributed by atoms with Crippen LogP contribution in [0.2, 0.25) is 0 Å². The van der Waals surface area contributed by atoms with E-state index in [1.165, 1.54) is 0 Å². The average Bonchev–Trinajstić information content (AvgIpc) is 2.45. The predicted octanol–water partition coefficient (Wildman–Crippen LogP) is 3.23. The molecule has 2 fully saturated rings. The van der Waals surface area contributed by atoms with Crippen molar-refractivity contribution in [2.75, 3.05) is 19.7 Å². The number of nitrogens with zero attached hydrogens (tertiary/aromatic N) is 1. The number of carbonyl (C=O) groups is 1. The molecule has 1 aliphatic carbocycles. The SMILES string of the molecule is CCOC1CC(N)(C(=O)N2CCC(C(C)(C)C)CC2)C1(C)C.Cl. The summed E-state index contributed by atoms with van der Waals surface area (Å²) in [6.45, 7) is 15.4. The van der Waals surface area contributed by atoms with Crippen molar-refractivity contribution in [2.24, 2.45) is 22.5 Å². The number of piperidine rings is 1. The minimum atomic E-state index is -0.762. The topological polar surface area (TPSA) is 55.6 Å². The molecule has 0 spiro atoms. The maximum absolute atomic E-state index is 13.0.